The quantitative estimate of drug-likeness (QED) is 0.261. The predicted octanol–water partition coefficient (Wildman–Crippen LogP) is 4.97. The van der Waals surface area contributed by atoms with E-state index < -0.39 is 12.2 Å². The van der Waals surface area contributed by atoms with Gasteiger partial charge in [0.15, 0.2) is 6.10 Å². The second-order valence-corrected chi connectivity index (χ2v) is 9.24. The normalized spacial score (nSPS) is 14.9. The second kappa shape index (κ2) is 11.0. The van der Waals surface area contributed by atoms with Crippen LogP contribution in [0.5, 0.6) is 5.75 Å². The Morgan fingerprint density at radius 1 is 1.03 bits per heavy atom. The first kappa shape index (κ1) is 24.2. The summed E-state index contributed by atoms with van der Waals surface area (Å²) in [6.45, 7) is 1.42. The van der Waals surface area contributed by atoms with E-state index >= 15 is 0 Å². The Morgan fingerprint density at radius 3 is 2.37 bits per heavy atom. The van der Waals surface area contributed by atoms with Crippen LogP contribution < -0.4 is 21.1 Å². The zero-order valence-corrected chi connectivity index (χ0v) is 19.9. The number of hydrogen-bond acceptors (Lipinski definition) is 6. The van der Waals surface area contributed by atoms with Crippen molar-refractivity contribution in [2.75, 3.05) is 17.2 Å². The third-order valence-corrected chi connectivity index (χ3v) is 6.70. The molecule has 3 aromatic rings. The van der Waals surface area contributed by atoms with E-state index in [4.69, 9.17) is 20.6 Å². The predicted molar refractivity (Wildman–Crippen MR) is 137 cm³/mol. The van der Waals surface area contributed by atoms with E-state index in [0.29, 0.717) is 23.5 Å². The number of carbonyl (C=O) groups excluding carboxylic acids is 2. The molecule has 1 heterocycles. The van der Waals surface area contributed by atoms with Gasteiger partial charge in [0.05, 0.1) is 5.25 Å². The summed E-state index contributed by atoms with van der Waals surface area (Å²) in [7, 11) is 0. The standard InChI is InChI=1S/C26H26N4O4S/c1-16(31)29-18-10-12-19(13-11-18)30-26(32)33-15-22(17-6-3-2-4-7-17)34-21-8-5-9-23-20(21)14-24(35-23)25(27)28/h2-13,22,24H,14-15H2,1H3,(H3,27,28)(H,29,31)(H,30,32). The first-order chi connectivity index (χ1) is 16.9. The lowest BCUT2D eigenvalue weighted by Crippen LogP contribution is -2.24. The number of thioether (sulfide) groups is 1. The van der Waals surface area contributed by atoms with Gasteiger partial charge in [-0.1, -0.05) is 36.4 Å². The van der Waals surface area contributed by atoms with Crippen LogP contribution in [0.3, 0.4) is 0 Å². The first-order valence-electron chi connectivity index (χ1n) is 11.0. The smallest absolute Gasteiger partial charge is 0.411 e. The molecule has 3 aromatic carbocycles. The summed E-state index contributed by atoms with van der Waals surface area (Å²) in [5.74, 6) is 0.656. The molecule has 8 nitrogen and oxygen atoms in total. The number of nitrogens with one attached hydrogen (secondary N) is 3. The van der Waals surface area contributed by atoms with Crippen LogP contribution in [-0.4, -0.2) is 29.7 Å². The Bertz CT molecular complexity index is 1220. The van der Waals surface area contributed by atoms with Crippen molar-refractivity contribution in [3.63, 3.8) is 0 Å². The molecular formula is C26H26N4O4S. The topological polar surface area (TPSA) is 127 Å². The highest BCUT2D eigenvalue weighted by Gasteiger charge is 2.28. The minimum absolute atomic E-state index is 0.00717. The van der Waals surface area contributed by atoms with Gasteiger partial charge in [0.1, 0.15) is 18.2 Å². The average Bonchev–Trinajstić information content (AvgIpc) is 3.29. The van der Waals surface area contributed by atoms with Gasteiger partial charge in [0.2, 0.25) is 5.91 Å². The Labute approximate surface area is 207 Å². The SMILES string of the molecule is CC(=O)Nc1ccc(NC(=O)OCC(Oc2cccc3c2CC(C(=N)N)S3)c2ccccc2)cc1. The molecule has 0 aromatic heterocycles. The number of hydrogen-bond donors (Lipinski definition) is 4. The number of ether oxygens (including phenoxy) is 2. The van der Waals surface area contributed by atoms with Crippen molar-refractivity contribution in [3.8, 4) is 5.75 Å². The van der Waals surface area contributed by atoms with Gasteiger partial charge in [-0.05, 0) is 48.4 Å². The van der Waals surface area contributed by atoms with Gasteiger partial charge in [-0.2, -0.15) is 0 Å². The molecule has 1 aliphatic heterocycles. The fourth-order valence-corrected chi connectivity index (χ4v) is 4.85. The maximum Gasteiger partial charge on any atom is 0.411 e. The fraction of sp³-hybridized carbons (Fsp3) is 0.192. The van der Waals surface area contributed by atoms with Gasteiger partial charge in [-0.15, -0.1) is 11.8 Å². The van der Waals surface area contributed by atoms with E-state index in [9.17, 15) is 9.59 Å². The number of fused-ring (bicyclic) bond motifs is 1. The molecule has 0 bridgehead atoms. The summed E-state index contributed by atoms with van der Waals surface area (Å²) in [4.78, 5) is 24.7. The van der Waals surface area contributed by atoms with E-state index in [-0.39, 0.29) is 23.6 Å². The molecule has 2 atom stereocenters. The zero-order valence-electron chi connectivity index (χ0n) is 19.1. The second-order valence-electron chi connectivity index (χ2n) is 8.00. The maximum atomic E-state index is 12.5. The lowest BCUT2D eigenvalue weighted by Gasteiger charge is -2.21. The summed E-state index contributed by atoms with van der Waals surface area (Å²) in [6.07, 6.45) is -0.535. The highest BCUT2D eigenvalue weighted by Crippen LogP contribution is 2.42. The van der Waals surface area contributed by atoms with Crippen molar-refractivity contribution >= 4 is 41.0 Å². The van der Waals surface area contributed by atoms with Gasteiger partial charge < -0.3 is 20.5 Å². The molecule has 9 heteroatoms. The van der Waals surface area contributed by atoms with Crippen LogP contribution in [-0.2, 0) is 16.0 Å². The minimum atomic E-state index is -0.618. The van der Waals surface area contributed by atoms with E-state index in [1.165, 1.54) is 6.92 Å². The average molecular weight is 491 g/mol. The third kappa shape index (κ3) is 6.33. The summed E-state index contributed by atoms with van der Waals surface area (Å²) < 4.78 is 11.9. The van der Waals surface area contributed by atoms with Crippen molar-refractivity contribution < 1.29 is 19.1 Å². The van der Waals surface area contributed by atoms with E-state index in [0.717, 1.165) is 16.0 Å². The van der Waals surface area contributed by atoms with E-state index in [1.807, 2.05) is 48.5 Å². The van der Waals surface area contributed by atoms with Crippen molar-refractivity contribution in [3.05, 3.63) is 83.9 Å². The number of amidine groups is 1. The number of rotatable bonds is 8. The third-order valence-electron chi connectivity index (χ3n) is 5.35. The molecule has 0 radical (unpaired) electrons. The minimum Gasteiger partial charge on any atom is -0.482 e. The Kier molecular flexibility index (Phi) is 7.57. The highest BCUT2D eigenvalue weighted by molar-refractivity contribution is 8.01. The molecule has 0 aliphatic carbocycles. The zero-order chi connectivity index (χ0) is 24.8. The molecule has 0 saturated carbocycles. The number of amides is 2. The fourth-order valence-electron chi connectivity index (χ4n) is 3.69. The van der Waals surface area contributed by atoms with E-state index in [2.05, 4.69) is 10.6 Å². The van der Waals surface area contributed by atoms with Gasteiger partial charge in [-0.25, -0.2) is 4.79 Å². The van der Waals surface area contributed by atoms with Crippen LogP contribution >= 0.6 is 11.8 Å². The van der Waals surface area contributed by atoms with Crippen molar-refractivity contribution in [1.82, 2.24) is 0 Å². The van der Waals surface area contributed by atoms with Crippen LogP contribution in [0.15, 0.2) is 77.7 Å². The van der Waals surface area contributed by atoms with Gasteiger partial charge in [0.25, 0.3) is 0 Å². The lowest BCUT2D eigenvalue weighted by molar-refractivity contribution is -0.114. The monoisotopic (exact) mass is 490 g/mol. The van der Waals surface area contributed by atoms with Crippen molar-refractivity contribution in [1.29, 1.82) is 5.41 Å². The maximum absolute atomic E-state index is 12.5. The molecule has 1 aliphatic rings. The van der Waals surface area contributed by atoms with Crippen molar-refractivity contribution in [2.45, 2.75) is 29.6 Å². The molecular weight excluding hydrogens is 464 g/mol. The van der Waals surface area contributed by atoms with Gasteiger partial charge in [0, 0.05) is 28.8 Å². The first-order valence-corrected chi connectivity index (χ1v) is 11.9. The molecule has 0 saturated heterocycles. The summed E-state index contributed by atoms with van der Waals surface area (Å²) in [5, 5.41) is 13.0. The molecule has 0 fully saturated rings. The molecule has 180 valence electrons. The Morgan fingerprint density at radius 2 is 1.71 bits per heavy atom. The number of nitrogens with two attached hydrogens (primary N) is 1. The molecule has 0 spiro atoms. The summed E-state index contributed by atoms with van der Waals surface area (Å²) >= 11 is 1.56. The summed E-state index contributed by atoms with van der Waals surface area (Å²) in [6, 6.07) is 22.1. The van der Waals surface area contributed by atoms with Gasteiger partial charge in [-0.3, -0.25) is 15.5 Å². The van der Waals surface area contributed by atoms with Crippen LogP contribution in [0.2, 0.25) is 0 Å². The molecule has 2 unspecified atom stereocenters. The van der Waals surface area contributed by atoms with E-state index in [1.54, 1.807) is 36.0 Å². The van der Waals surface area contributed by atoms with Crippen LogP contribution in [0.4, 0.5) is 16.2 Å². The molecule has 4 rings (SSSR count). The van der Waals surface area contributed by atoms with Crippen molar-refractivity contribution in [2.24, 2.45) is 5.73 Å². The van der Waals surface area contributed by atoms with Gasteiger partial charge >= 0.3 is 6.09 Å². The summed E-state index contributed by atoms with van der Waals surface area (Å²) in [5.41, 5.74) is 8.77. The number of carbonyl (C=O) groups is 2. The highest BCUT2D eigenvalue weighted by atomic mass is 32.2. The molecule has 5 N–H and O–H groups in total. The number of anilines is 2. The lowest BCUT2D eigenvalue weighted by atomic mass is 10.1. The van der Waals surface area contributed by atoms with Crippen LogP contribution in [0.25, 0.3) is 0 Å². The molecule has 35 heavy (non-hydrogen) atoms. The van der Waals surface area contributed by atoms with Crippen LogP contribution in [0, 0.1) is 5.41 Å². The molecule has 2 amide bonds. The Balaban J connectivity index is 1.44. The van der Waals surface area contributed by atoms with Crippen LogP contribution in [0.1, 0.15) is 24.2 Å². The largest absolute Gasteiger partial charge is 0.482 e. The number of benzene rings is 3. The Hall–Kier alpha value is -3.98.